The molecule has 0 fully saturated rings. The Morgan fingerprint density at radius 1 is 1.17 bits per heavy atom. The van der Waals surface area contributed by atoms with E-state index in [-0.39, 0.29) is 11.3 Å². The van der Waals surface area contributed by atoms with Gasteiger partial charge in [-0.2, -0.15) is 5.10 Å². The fourth-order valence-electron chi connectivity index (χ4n) is 3.72. The van der Waals surface area contributed by atoms with Crippen LogP contribution in [-0.2, 0) is 20.6 Å². The van der Waals surface area contributed by atoms with E-state index < -0.39 is 11.2 Å². The highest BCUT2D eigenvalue weighted by atomic mass is 16.2. The third-order valence-electron chi connectivity index (χ3n) is 5.14. The number of imidazole rings is 1. The smallest absolute Gasteiger partial charge is 0.320 e. The van der Waals surface area contributed by atoms with Crippen LogP contribution in [0.3, 0.4) is 0 Å². The van der Waals surface area contributed by atoms with Crippen molar-refractivity contribution in [2.24, 2.45) is 14.1 Å². The van der Waals surface area contributed by atoms with Crippen LogP contribution in [0.1, 0.15) is 21.6 Å². The van der Waals surface area contributed by atoms with Crippen LogP contribution in [0.4, 0.5) is 0 Å². The van der Waals surface area contributed by atoms with Gasteiger partial charge in [0.05, 0.1) is 27.9 Å². The summed E-state index contributed by atoms with van der Waals surface area (Å²) < 4.78 is 6.07. The van der Waals surface area contributed by atoms with E-state index in [2.05, 4.69) is 11.7 Å². The molecule has 8 nitrogen and oxygen atoms in total. The van der Waals surface area contributed by atoms with Gasteiger partial charge in [0.25, 0.3) is 5.56 Å². The number of hydrogen-bond acceptors (Lipinski definition) is 4. The maximum atomic E-state index is 13.1. The molecule has 0 amide bonds. The molecule has 0 aliphatic rings. The summed E-state index contributed by atoms with van der Waals surface area (Å²) in [6.45, 7) is 6.13. The minimum absolute atomic E-state index is 0.251. The predicted molar refractivity (Wildman–Crippen MR) is 116 cm³/mol. The quantitative estimate of drug-likeness (QED) is 0.290. The first-order valence-electron chi connectivity index (χ1n) is 9.41. The number of aryl methyl sites for hydroxylation is 2. The number of aromatic nitrogens is 5. The molecule has 8 heteroatoms. The Labute approximate surface area is 171 Å². The van der Waals surface area contributed by atoms with Crippen LogP contribution in [0.2, 0.25) is 0 Å². The molecular weight excluding hydrogens is 382 g/mol. The van der Waals surface area contributed by atoms with Gasteiger partial charge in [-0.05, 0) is 31.2 Å². The normalized spacial score (nSPS) is 11.7. The Balaban J connectivity index is 1.88. The lowest BCUT2D eigenvalue weighted by Gasteiger charge is -2.04. The first-order valence-corrected chi connectivity index (χ1v) is 9.41. The second-order valence-electron chi connectivity index (χ2n) is 7.12. The summed E-state index contributed by atoms with van der Waals surface area (Å²) in [5.41, 5.74) is 2.95. The number of fused-ring (bicyclic) bond motifs is 3. The monoisotopic (exact) mass is 403 g/mol. The van der Waals surface area contributed by atoms with Gasteiger partial charge in [0.15, 0.2) is 5.78 Å². The molecule has 0 aliphatic heterocycles. The van der Waals surface area contributed by atoms with Crippen molar-refractivity contribution in [3.8, 4) is 0 Å². The molecule has 4 aromatic rings. The highest BCUT2D eigenvalue weighted by Gasteiger charge is 2.22. The van der Waals surface area contributed by atoms with Crippen molar-refractivity contribution < 1.29 is 4.79 Å². The number of benzene rings is 1. The third kappa shape index (κ3) is 2.85. The zero-order valence-electron chi connectivity index (χ0n) is 17.0. The van der Waals surface area contributed by atoms with E-state index in [4.69, 9.17) is 0 Å². The van der Waals surface area contributed by atoms with Gasteiger partial charge < -0.3 is 9.13 Å². The fraction of sp³-hybridized carbons (Fsp3) is 0.182. The van der Waals surface area contributed by atoms with Crippen LogP contribution in [-0.4, -0.2) is 29.1 Å². The van der Waals surface area contributed by atoms with Crippen molar-refractivity contribution in [1.29, 1.82) is 0 Å². The zero-order valence-corrected chi connectivity index (χ0v) is 17.0. The van der Waals surface area contributed by atoms with E-state index in [1.54, 1.807) is 24.6 Å². The molecule has 0 saturated heterocycles. The maximum absolute atomic E-state index is 13.1. The van der Waals surface area contributed by atoms with Crippen molar-refractivity contribution in [3.63, 3.8) is 0 Å². The predicted octanol–water partition coefficient (Wildman–Crippen LogP) is 2.08. The summed E-state index contributed by atoms with van der Waals surface area (Å²) in [6.07, 6.45) is 5.98. The number of carbonyl (C=O) groups excluding carboxylic acids is 1. The topological polar surface area (TPSA) is 83.3 Å². The van der Waals surface area contributed by atoms with E-state index in [0.717, 1.165) is 15.6 Å². The van der Waals surface area contributed by atoms with E-state index in [1.807, 2.05) is 28.8 Å². The van der Waals surface area contributed by atoms with E-state index in [9.17, 15) is 14.4 Å². The van der Waals surface area contributed by atoms with Crippen LogP contribution in [0, 0.1) is 6.92 Å². The molecule has 0 atom stereocenters. The molecule has 0 saturated carbocycles. The molecule has 0 bridgehead atoms. The van der Waals surface area contributed by atoms with Gasteiger partial charge in [0.1, 0.15) is 5.65 Å². The fourth-order valence-corrected chi connectivity index (χ4v) is 3.72. The summed E-state index contributed by atoms with van der Waals surface area (Å²) in [4.78, 5) is 37.3. The number of allylic oxidation sites excluding steroid dienone is 2. The molecule has 0 unspecified atom stereocenters. The number of nitrogens with zero attached hydrogens (tertiary/aromatic N) is 5. The Hall–Kier alpha value is -3.94. The summed E-state index contributed by atoms with van der Waals surface area (Å²) in [5.74, 6) is -0.272. The molecule has 0 spiro atoms. The van der Waals surface area contributed by atoms with Gasteiger partial charge in [-0.1, -0.05) is 18.2 Å². The van der Waals surface area contributed by atoms with Crippen molar-refractivity contribution in [1.82, 2.24) is 23.3 Å². The first-order chi connectivity index (χ1) is 14.3. The lowest BCUT2D eigenvalue weighted by atomic mass is 10.1. The lowest BCUT2D eigenvalue weighted by molar-refractivity contribution is 0.104. The summed E-state index contributed by atoms with van der Waals surface area (Å²) >= 11 is 0. The van der Waals surface area contributed by atoms with Crippen LogP contribution in [0.25, 0.3) is 22.8 Å². The highest BCUT2D eigenvalue weighted by molar-refractivity contribution is 6.12. The Kier molecular flexibility index (Phi) is 4.62. The highest BCUT2D eigenvalue weighted by Crippen LogP contribution is 2.26. The summed E-state index contributed by atoms with van der Waals surface area (Å²) in [5, 5.41) is 4.57. The van der Waals surface area contributed by atoms with Gasteiger partial charge in [-0.3, -0.25) is 14.2 Å². The van der Waals surface area contributed by atoms with Crippen molar-refractivity contribution in [3.05, 3.63) is 86.9 Å². The Morgan fingerprint density at radius 3 is 2.57 bits per heavy atom. The van der Waals surface area contributed by atoms with E-state index in [1.165, 1.54) is 30.0 Å². The average molecular weight is 403 g/mol. The van der Waals surface area contributed by atoms with Gasteiger partial charge in [0, 0.05) is 26.8 Å². The maximum Gasteiger partial charge on any atom is 0.330 e. The van der Waals surface area contributed by atoms with E-state index in [0.29, 0.717) is 23.4 Å². The molecule has 152 valence electrons. The van der Waals surface area contributed by atoms with Crippen LogP contribution >= 0.6 is 0 Å². The molecule has 4 rings (SSSR count). The molecule has 30 heavy (non-hydrogen) atoms. The SMILES string of the molecule is C=CCn1c2ccccc2n2nc(C)c(C(=O)/C=C/c3cn(C)c(=O)n(C)c3=O)c12. The molecule has 0 aliphatic carbocycles. The van der Waals surface area contributed by atoms with Crippen molar-refractivity contribution in [2.75, 3.05) is 0 Å². The van der Waals surface area contributed by atoms with Crippen LogP contribution in [0.5, 0.6) is 0 Å². The standard InChI is InChI=1S/C22H21N5O3/c1-5-12-26-16-8-6-7-9-17(16)27-20(26)19(14(2)23-27)18(28)11-10-15-13-24(3)22(30)25(4)21(15)29/h5-11,13H,1,12H2,2-4H3/b11-10+. The molecule has 0 radical (unpaired) electrons. The molecule has 3 heterocycles. The summed E-state index contributed by atoms with van der Waals surface area (Å²) in [6, 6.07) is 7.78. The molecule has 3 aromatic heterocycles. The van der Waals surface area contributed by atoms with Crippen molar-refractivity contribution in [2.45, 2.75) is 13.5 Å². The van der Waals surface area contributed by atoms with Gasteiger partial charge in [0.2, 0.25) is 0 Å². The van der Waals surface area contributed by atoms with Crippen LogP contribution < -0.4 is 11.2 Å². The lowest BCUT2D eigenvalue weighted by Crippen LogP contribution is -2.37. The zero-order chi connectivity index (χ0) is 21.6. The number of para-hydroxylation sites is 2. The number of rotatable bonds is 5. The minimum Gasteiger partial charge on any atom is -0.320 e. The molecular formula is C22H21N5O3. The number of carbonyl (C=O) groups is 1. The van der Waals surface area contributed by atoms with Crippen LogP contribution in [0.15, 0.2) is 58.8 Å². The first kappa shape index (κ1) is 19.4. The third-order valence-corrected chi connectivity index (χ3v) is 5.14. The molecule has 1 aromatic carbocycles. The largest absolute Gasteiger partial charge is 0.330 e. The number of ketones is 1. The average Bonchev–Trinajstić information content (AvgIpc) is 3.22. The summed E-state index contributed by atoms with van der Waals surface area (Å²) in [7, 11) is 2.96. The Morgan fingerprint density at radius 2 is 1.87 bits per heavy atom. The number of hydrogen-bond donors (Lipinski definition) is 0. The van der Waals surface area contributed by atoms with Gasteiger partial charge >= 0.3 is 5.69 Å². The second-order valence-corrected chi connectivity index (χ2v) is 7.12. The van der Waals surface area contributed by atoms with Gasteiger partial charge in [-0.15, -0.1) is 6.58 Å². The minimum atomic E-state index is -0.459. The second kappa shape index (κ2) is 7.14. The van der Waals surface area contributed by atoms with Crippen molar-refractivity contribution >= 4 is 28.5 Å². The Bertz CT molecular complexity index is 1480. The van der Waals surface area contributed by atoms with E-state index >= 15 is 0 Å². The molecule has 0 N–H and O–H groups in total. The van der Waals surface area contributed by atoms with Gasteiger partial charge in [-0.25, -0.2) is 9.31 Å².